The molecular formula is C29H32N4O2. The average molecular weight is 469 g/mol. The van der Waals surface area contributed by atoms with Crippen molar-refractivity contribution in [2.75, 3.05) is 5.32 Å². The van der Waals surface area contributed by atoms with Gasteiger partial charge in [-0.05, 0) is 86.6 Å². The minimum atomic E-state index is 0.00862. The van der Waals surface area contributed by atoms with E-state index in [1.165, 1.54) is 6.42 Å². The van der Waals surface area contributed by atoms with Gasteiger partial charge in [0.15, 0.2) is 0 Å². The van der Waals surface area contributed by atoms with Crippen molar-refractivity contribution in [1.29, 1.82) is 0 Å². The number of hydrogen-bond acceptors (Lipinski definition) is 3. The molecule has 1 heterocycles. The fraction of sp³-hybridized carbons (Fsp3) is 0.414. The quantitative estimate of drug-likeness (QED) is 0.439. The maximum Gasteiger partial charge on any atom is 0.251 e. The first kappa shape index (κ1) is 23.2. The number of rotatable bonds is 5. The fourth-order valence-corrected chi connectivity index (χ4v) is 5.53. The number of aromatic nitrogens is 2. The van der Waals surface area contributed by atoms with Crippen LogP contribution in [0.1, 0.15) is 55.8 Å². The van der Waals surface area contributed by atoms with Crippen LogP contribution >= 0.6 is 0 Å². The van der Waals surface area contributed by atoms with E-state index < -0.39 is 0 Å². The minimum Gasteiger partial charge on any atom is -0.349 e. The van der Waals surface area contributed by atoms with Gasteiger partial charge in [0.1, 0.15) is 5.82 Å². The molecule has 3 N–H and O–H groups in total. The number of carbonyl (C=O) groups is 2. The first-order chi connectivity index (χ1) is 17.0. The Morgan fingerprint density at radius 3 is 2.40 bits per heavy atom. The lowest BCUT2D eigenvalue weighted by molar-refractivity contribution is -0.121. The Kier molecular flexibility index (Phi) is 6.34. The molecule has 3 saturated carbocycles. The summed E-state index contributed by atoms with van der Waals surface area (Å²) in [6, 6.07) is 13.7. The Morgan fingerprint density at radius 2 is 1.74 bits per heavy atom. The lowest BCUT2D eigenvalue weighted by Crippen LogP contribution is -2.41. The van der Waals surface area contributed by atoms with E-state index >= 15 is 0 Å². The maximum atomic E-state index is 12.7. The number of hydrogen-bond donors (Lipinski definition) is 3. The van der Waals surface area contributed by atoms with E-state index in [0.717, 1.165) is 78.0 Å². The highest BCUT2D eigenvalue weighted by molar-refractivity contribution is 5.96. The summed E-state index contributed by atoms with van der Waals surface area (Å²) >= 11 is 0. The van der Waals surface area contributed by atoms with E-state index in [2.05, 4.69) is 35.4 Å². The monoisotopic (exact) mass is 468 g/mol. The van der Waals surface area contributed by atoms with Crippen molar-refractivity contribution >= 4 is 28.5 Å². The van der Waals surface area contributed by atoms with Gasteiger partial charge in [-0.15, -0.1) is 12.8 Å². The van der Waals surface area contributed by atoms with E-state index in [4.69, 9.17) is 4.98 Å². The van der Waals surface area contributed by atoms with Crippen LogP contribution in [0.2, 0.25) is 0 Å². The maximum absolute atomic E-state index is 12.7. The van der Waals surface area contributed by atoms with Crippen LogP contribution in [0.5, 0.6) is 0 Å². The molecule has 3 aliphatic carbocycles. The van der Waals surface area contributed by atoms with Crippen LogP contribution in [0.4, 0.5) is 5.69 Å². The molecule has 2 aromatic carbocycles. The fourth-order valence-electron chi connectivity index (χ4n) is 5.53. The van der Waals surface area contributed by atoms with E-state index in [1.54, 1.807) is 0 Å². The number of imidazole rings is 1. The number of nitrogens with zero attached hydrogens (tertiary/aromatic N) is 1. The lowest BCUT2D eigenvalue weighted by atomic mass is 9.82. The largest absolute Gasteiger partial charge is 0.349 e. The second-order valence-corrected chi connectivity index (χ2v) is 10.3. The van der Waals surface area contributed by atoms with Gasteiger partial charge in [0.05, 0.1) is 11.0 Å². The van der Waals surface area contributed by atoms with Crippen LogP contribution in [0, 0.1) is 36.5 Å². The Labute approximate surface area is 206 Å². The van der Waals surface area contributed by atoms with E-state index in [0.29, 0.717) is 11.6 Å². The van der Waals surface area contributed by atoms with Crippen LogP contribution in [0.15, 0.2) is 42.5 Å². The van der Waals surface area contributed by atoms with Crippen LogP contribution in [0.3, 0.4) is 0 Å². The van der Waals surface area contributed by atoms with Crippen LogP contribution in [0.25, 0.3) is 22.4 Å². The van der Waals surface area contributed by atoms with Gasteiger partial charge >= 0.3 is 0 Å². The zero-order valence-electron chi connectivity index (χ0n) is 20.1. The summed E-state index contributed by atoms with van der Waals surface area (Å²) in [6.45, 7) is 2.26. The molecule has 2 amide bonds. The van der Waals surface area contributed by atoms with Gasteiger partial charge in [-0.1, -0.05) is 19.1 Å². The van der Waals surface area contributed by atoms with Crippen molar-refractivity contribution in [3.8, 4) is 24.2 Å². The smallest absolute Gasteiger partial charge is 0.251 e. The second kappa shape index (κ2) is 9.58. The summed E-state index contributed by atoms with van der Waals surface area (Å²) < 4.78 is 0. The lowest BCUT2D eigenvalue weighted by Gasteiger charge is -2.25. The van der Waals surface area contributed by atoms with Crippen LogP contribution < -0.4 is 10.6 Å². The molecule has 0 radical (unpaired) electrons. The highest BCUT2D eigenvalue weighted by Gasteiger charge is 2.53. The van der Waals surface area contributed by atoms with Crippen molar-refractivity contribution in [2.24, 2.45) is 23.7 Å². The highest BCUT2D eigenvalue weighted by atomic mass is 16.2. The predicted molar refractivity (Wildman–Crippen MR) is 139 cm³/mol. The Bertz CT molecular complexity index is 1250. The summed E-state index contributed by atoms with van der Waals surface area (Å²) in [7, 11) is 0. The van der Waals surface area contributed by atoms with Gasteiger partial charge in [-0.2, -0.15) is 0 Å². The van der Waals surface area contributed by atoms with E-state index in [9.17, 15) is 9.59 Å². The molecule has 6 rings (SSSR count). The Morgan fingerprint density at radius 1 is 1.00 bits per heavy atom. The minimum absolute atomic E-state index is 0.00862. The van der Waals surface area contributed by atoms with E-state index in [1.807, 2.05) is 42.5 Å². The van der Waals surface area contributed by atoms with Crippen LogP contribution in [-0.2, 0) is 4.79 Å². The molecule has 35 heavy (non-hydrogen) atoms. The number of anilines is 1. The standard InChI is InChI=1S/C27H30N4O2.C2H2/c1-15-2-4-17(5-3-15)26(32)28-20-10-11-22-24(14-20)30-25(29-22)16-6-8-18(9-7-16)27(33)31-23-13-19-12-21(19)23;1-2/h6-11,14-15,17,19,21,23H,2-5,12-13H2,1H3,(H,28,32)(H,29,30)(H,31,33);1-2H. The normalized spacial score (nSPS) is 26.4. The molecule has 0 spiro atoms. The summed E-state index contributed by atoms with van der Waals surface area (Å²) in [5.74, 6) is 3.32. The topological polar surface area (TPSA) is 86.9 Å². The van der Waals surface area contributed by atoms with Crippen LogP contribution in [-0.4, -0.2) is 27.8 Å². The summed E-state index contributed by atoms with van der Waals surface area (Å²) in [4.78, 5) is 33.2. The number of amides is 2. The third-order valence-electron chi connectivity index (χ3n) is 7.92. The molecule has 1 aromatic heterocycles. The molecule has 3 fully saturated rings. The molecular weight excluding hydrogens is 436 g/mol. The number of aromatic amines is 1. The molecule has 3 atom stereocenters. The van der Waals surface area contributed by atoms with Gasteiger partial charge in [0, 0.05) is 28.8 Å². The molecule has 6 heteroatoms. The van der Waals surface area contributed by atoms with E-state index in [-0.39, 0.29) is 17.7 Å². The van der Waals surface area contributed by atoms with Crippen molar-refractivity contribution < 1.29 is 9.59 Å². The predicted octanol–water partition coefficient (Wildman–Crippen LogP) is 5.38. The van der Waals surface area contributed by atoms with Crippen molar-refractivity contribution in [2.45, 2.75) is 51.5 Å². The number of carbonyl (C=O) groups excluding carboxylic acids is 2. The Hall–Kier alpha value is -3.59. The Balaban J connectivity index is 0.00000124. The third kappa shape index (κ3) is 4.81. The zero-order chi connectivity index (χ0) is 24.5. The molecule has 3 aromatic rings. The van der Waals surface area contributed by atoms with Gasteiger partial charge < -0.3 is 15.6 Å². The molecule has 3 aliphatic rings. The molecule has 6 nitrogen and oxygen atoms in total. The molecule has 0 aliphatic heterocycles. The first-order valence-electron chi connectivity index (χ1n) is 12.6. The van der Waals surface area contributed by atoms with Gasteiger partial charge in [0.2, 0.25) is 5.91 Å². The molecule has 3 unspecified atom stereocenters. The highest BCUT2D eigenvalue weighted by Crippen LogP contribution is 2.55. The summed E-state index contributed by atoms with van der Waals surface area (Å²) in [6.07, 6.45) is 14.6. The molecule has 0 bridgehead atoms. The van der Waals surface area contributed by atoms with Gasteiger partial charge in [-0.3, -0.25) is 9.59 Å². The summed E-state index contributed by atoms with van der Waals surface area (Å²) in [5, 5.41) is 6.24. The van der Waals surface area contributed by atoms with Gasteiger partial charge in [0.25, 0.3) is 5.91 Å². The van der Waals surface area contributed by atoms with Gasteiger partial charge in [-0.25, -0.2) is 4.98 Å². The van der Waals surface area contributed by atoms with Crippen molar-refractivity contribution in [3.63, 3.8) is 0 Å². The molecule has 180 valence electrons. The number of H-pyrrole nitrogens is 1. The second-order valence-electron chi connectivity index (χ2n) is 10.3. The average Bonchev–Trinajstić information content (AvgIpc) is 3.35. The first-order valence-corrected chi connectivity index (χ1v) is 12.6. The number of fused-ring (bicyclic) bond motifs is 2. The number of nitrogens with one attached hydrogen (secondary N) is 3. The SMILES string of the molecule is C#C.CC1CCC(C(=O)Nc2ccc3nc(-c4ccc(C(=O)NC5CC6CC65)cc4)[nH]c3c2)CC1. The molecule has 0 saturated heterocycles. The summed E-state index contributed by atoms with van der Waals surface area (Å²) in [5.41, 5.74) is 4.13. The third-order valence-corrected chi connectivity index (χ3v) is 7.92. The van der Waals surface area contributed by atoms with Crippen molar-refractivity contribution in [1.82, 2.24) is 15.3 Å². The zero-order valence-corrected chi connectivity index (χ0v) is 20.1. The number of benzene rings is 2. The van der Waals surface area contributed by atoms with Crippen molar-refractivity contribution in [3.05, 3.63) is 48.0 Å². The number of terminal acetylenes is 1.